The van der Waals surface area contributed by atoms with Gasteiger partial charge < -0.3 is 16.0 Å². The topological polar surface area (TPSA) is 71.2 Å². The standard InChI is InChI=1S/C17H22N4O.2ClH/c1-3-4-11-21(2)15-8-5-13(6-9-15)17(22)20-14-7-10-16(18)19-12-14;;/h5-10,12H,3-4,11H2,1-2H3,(H2,18,19)(H,20,22);2*1H. The molecule has 0 aliphatic heterocycles. The van der Waals surface area contributed by atoms with E-state index in [2.05, 4.69) is 29.2 Å². The van der Waals surface area contributed by atoms with Gasteiger partial charge in [0.15, 0.2) is 0 Å². The Bertz CT molecular complexity index is 617. The van der Waals surface area contributed by atoms with Gasteiger partial charge in [0.1, 0.15) is 5.82 Å². The normalized spacial score (nSPS) is 9.42. The lowest BCUT2D eigenvalue weighted by molar-refractivity contribution is 0.102. The summed E-state index contributed by atoms with van der Waals surface area (Å²) in [7, 11) is 2.06. The average Bonchev–Trinajstić information content (AvgIpc) is 2.55. The summed E-state index contributed by atoms with van der Waals surface area (Å²) in [5.41, 5.74) is 7.87. The first-order chi connectivity index (χ1) is 10.6. The van der Waals surface area contributed by atoms with Crippen molar-refractivity contribution in [3.8, 4) is 0 Å². The zero-order valence-corrected chi connectivity index (χ0v) is 15.5. The molecule has 0 atom stereocenters. The Morgan fingerprint density at radius 2 is 1.83 bits per heavy atom. The Morgan fingerprint density at radius 1 is 1.17 bits per heavy atom. The lowest BCUT2D eigenvalue weighted by atomic mass is 10.1. The molecule has 0 aliphatic rings. The van der Waals surface area contributed by atoms with Gasteiger partial charge in [-0.25, -0.2) is 4.98 Å². The molecule has 24 heavy (non-hydrogen) atoms. The number of nitrogen functional groups attached to an aromatic ring is 1. The largest absolute Gasteiger partial charge is 0.384 e. The molecule has 1 aromatic carbocycles. The predicted molar refractivity (Wildman–Crippen MR) is 106 cm³/mol. The van der Waals surface area contributed by atoms with Gasteiger partial charge in [-0.1, -0.05) is 13.3 Å². The van der Waals surface area contributed by atoms with Crippen molar-refractivity contribution in [2.45, 2.75) is 19.8 Å². The van der Waals surface area contributed by atoms with Gasteiger partial charge in [-0.3, -0.25) is 4.79 Å². The molecule has 132 valence electrons. The number of nitrogens with zero attached hydrogens (tertiary/aromatic N) is 2. The molecule has 1 amide bonds. The molecule has 2 rings (SSSR count). The number of aromatic nitrogens is 1. The maximum Gasteiger partial charge on any atom is 0.255 e. The zero-order chi connectivity index (χ0) is 15.9. The van der Waals surface area contributed by atoms with Gasteiger partial charge in [0.05, 0.1) is 11.9 Å². The summed E-state index contributed by atoms with van der Waals surface area (Å²) >= 11 is 0. The van der Waals surface area contributed by atoms with Crippen LogP contribution in [0.4, 0.5) is 17.2 Å². The van der Waals surface area contributed by atoms with E-state index in [0.29, 0.717) is 17.1 Å². The molecule has 3 N–H and O–H groups in total. The molecule has 0 bridgehead atoms. The van der Waals surface area contributed by atoms with Crippen molar-refractivity contribution in [1.82, 2.24) is 4.98 Å². The van der Waals surface area contributed by atoms with Gasteiger partial charge in [-0.15, -0.1) is 24.8 Å². The second kappa shape index (κ2) is 10.7. The van der Waals surface area contributed by atoms with Gasteiger partial charge in [-0.2, -0.15) is 0 Å². The zero-order valence-electron chi connectivity index (χ0n) is 13.9. The SMILES string of the molecule is CCCCN(C)c1ccc(C(=O)Nc2ccc(N)nc2)cc1.Cl.Cl. The van der Waals surface area contributed by atoms with Crippen molar-refractivity contribution in [3.05, 3.63) is 48.2 Å². The van der Waals surface area contributed by atoms with Crippen molar-refractivity contribution >= 4 is 47.9 Å². The van der Waals surface area contributed by atoms with E-state index in [1.807, 2.05) is 24.3 Å². The maximum atomic E-state index is 12.2. The second-order valence-corrected chi connectivity index (χ2v) is 5.25. The van der Waals surface area contributed by atoms with Gasteiger partial charge in [-0.05, 0) is 42.8 Å². The number of pyridine rings is 1. The fourth-order valence-corrected chi connectivity index (χ4v) is 2.07. The Balaban J connectivity index is 0.00000264. The first kappa shape index (κ1) is 22.0. The van der Waals surface area contributed by atoms with E-state index in [1.54, 1.807) is 18.3 Å². The molecule has 2 aromatic rings. The van der Waals surface area contributed by atoms with E-state index in [0.717, 1.165) is 18.7 Å². The number of carbonyl (C=O) groups excluding carboxylic acids is 1. The smallest absolute Gasteiger partial charge is 0.255 e. The van der Waals surface area contributed by atoms with Crippen LogP contribution in [-0.2, 0) is 0 Å². The molecule has 0 unspecified atom stereocenters. The van der Waals surface area contributed by atoms with E-state index >= 15 is 0 Å². The minimum Gasteiger partial charge on any atom is -0.384 e. The number of anilines is 3. The number of benzene rings is 1. The van der Waals surface area contributed by atoms with Gasteiger partial charge in [0, 0.05) is 24.8 Å². The predicted octanol–water partition coefficient (Wildman–Crippen LogP) is 4.00. The quantitative estimate of drug-likeness (QED) is 0.805. The van der Waals surface area contributed by atoms with Crippen LogP contribution in [0.25, 0.3) is 0 Å². The van der Waals surface area contributed by atoms with Crippen LogP contribution in [-0.4, -0.2) is 24.5 Å². The lowest BCUT2D eigenvalue weighted by Crippen LogP contribution is -2.18. The Labute approximate surface area is 155 Å². The fourth-order valence-electron chi connectivity index (χ4n) is 2.07. The summed E-state index contributed by atoms with van der Waals surface area (Å²) in [4.78, 5) is 18.3. The number of unbranched alkanes of at least 4 members (excludes halogenated alkanes) is 1. The second-order valence-electron chi connectivity index (χ2n) is 5.25. The van der Waals surface area contributed by atoms with E-state index in [-0.39, 0.29) is 30.7 Å². The maximum absolute atomic E-state index is 12.2. The summed E-state index contributed by atoms with van der Waals surface area (Å²) in [5, 5.41) is 2.80. The highest BCUT2D eigenvalue weighted by atomic mass is 35.5. The highest BCUT2D eigenvalue weighted by Crippen LogP contribution is 2.16. The third kappa shape index (κ3) is 6.26. The molecule has 5 nitrogen and oxygen atoms in total. The number of carbonyl (C=O) groups is 1. The van der Waals surface area contributed by atoms with Gasteiger partial charge in [0.25, 0.3) is 5.91 Å². The minimum absolute atomic E-state index is 0. The van der Waals surface area contributed by atoms with Crippen molar-refractivity contribution < 1.29 is 4.79 Å². The Morgan fingerprint density at radius 3 is 2.38 bits per heavy atom. The molecule has 0 saturated carbocycles. The Hall–Kier alpha value is -1.98. The molecule has 1 aromatic heterocycles. The summed E-state index contributed by atoms with van der Waals surface area (Å²) in [6, 6.07) is 11.0. The van der Waals surface area contributed by atoms with E-state index in [4.69, 9.17) is 5.73 Å². The monoisotopic (exact) mass is 370 g/mol. The van der Waals surface area contributed by atoms with Crippen LogP contribution in [0.3, 0.4) is 0 Å². The number of nitrogens with one attached hydrogen (secondary N) is 1. The number of rotatable bonds is 6. The minimum atomic E-state index is -0.158. The molecule has 0 spiro atoms. The third-order valence-electron chi connectivity index (χ3n) is 3.46. The molecular weight excluding hydrogens is 347 g/mol. The third-order valence-corrected chi connectivity index (χ3v) is 3.46. The Kier molecular flexibility index (Phi) is 9.85. The van der Waals surface area contributed by atoms with Crippen molar-refractivity contribution in [2.75, 3.05) is 29.5 Å². The lowest BCUT2D eigenvalue weighted by Gasteiger charge is -2.19. The number of hydrogen-bond acceptors (Lipinski definition) is 4. The first-order valence-electron chi connectivity index (χ1n) is 7.44. The highest BCUT2D eigenvalue weighted by molar-refractivity contribution is 6.04. The van der Waals surface area contributed by atoms with Crippen molar-refractivity contribution in [1.29, 1.82) is 0 Å². The van der Waals surface area contributed by atoms with Gasteiger partial charge >= 0.3 is 0 Å². The van der Waals surface area contributed by atoms with Gasteiger partial charge in [0.2, 0.25) is 0 Å². The number of hydrogen-bond donors (Lipinski definition) is 2. The fraction of sp³-hybridized carbons (Fsp3) is 0.294. The van der Waals surface area contributed by atoms with Crippen LogP contribution in [0.2, 0.25) is 0 Å². The molecule has 0 fully saturated rings. The summed E-state index contributed by atoms with van der Waals surface area (Å²) < 4.78 is 0. The van der Waals surface area contributed by atoms with E-state index < -0.39 is 0 Å². The first-order valence-corrected chi connectivity index (χ1v) is 7.44. The van der Waals surface area contributed by atoms with Crippen molar-refractivity contribution in [3.63, 3.8) is 0 Å². The summed E-state index contributed by atoms with van der Waals surface area (Å²) in [5.74, 6) is 0.270. The van der Waals surface area contributed by atoms with Crippen LogP contribution in [0.5, 0.6) is 0 Å². The van der Waals surface area contributed by atoms with E-state index in [9.17, 15) is 4.79 Å². The van der Waals surface area contributed by atoms with Crippen LogP contribution in [0, 0.1) is 0 Å². The van der Waals surface area contributed by atoms with Crippen molar-refractivity contribution in [2.24, 2.45) is 0 Å². The molecule has 0 radical (unpaired) electrons. The van der Waals surface area contributed by atoms with Crippen LogP contribution in [0.15, 0.2) is 42.6 Å². The number of halogens is 2. The van der Waals surface area contributed by atoms with Crippen LogP contribution >= 0.6 is 24.8 Å². The molecule has 0 saturated heterocycles. The highest BCUT2D eigenvalue weighted by Gasteiger charge is 2.07. The molecule has 0 aliphatic carbocycles. The molecule has 1 heterocycles. The van der Waals surface area contributed by atoms with E-state index in [1.165, 1.54) is 6.42 Å². The summed E-state index contributed by atoms with van der Waals surface area (Å²) in [6.07, 6.45) is 3.86. The number of amides is 1. The average molecular weight is 371 g/mol. The molecular formula is C17H24Cl2N4O. The molecule has 7 heteroatoms. The summed E-state index contributed by atoms with van der Waals surface area (Å²) in [6.45, 7) is 3.19. The number of nitrogens with two attached hydrogens (primary N) is 1. The van der Waals surface area contributed by atoms with Crippen LogP contribution in [0.1, 0.15) is 30.1 Å². The van der Waals surface area contributed by atoms with Crippen LogP contribution < -0.4 is 16.0 Å².